The number of hydrazone groups is 1. The van der Waals surface area contributed by atoms with Gasteiger partial charge in [-0.3, -0.25) is 5.43 Å². The third kappa shape index (κ3) is 5.46. The van der Waals surface area contributed by atoms with Crippen molar-refractivity contribution < 1.29 is 22.6 Å². The first-order chi connectivity index (χ1) is 16.3. The molecule has 1 N–H and O–H groups in total. The minimum absolute atomic E-state index is 0.189. The lowest BCUT2D eigenvalue weighted by Crippen LogP contribution is -2.06. The first-order valence-electron chi connectivity index (χ1n) is 9.73. The van der Waals surface area contributed by atoms with Crippen LogP contribution in [-0.4, -0.2) is 23.3 Å². The van der Waals surface area contributed by atoms with E-state index in [9.17, 15) is 13.2 Å². The summed E-state index contributed by atoms with van der Waals surface area (Å²) in [4.78, 5) is 8.21. The normalized spacial score (nSPS) is 11.6. The van der Waals surface area contributed by atoms with Gasteiger partial charge in [0, 0.05) is 22.7 Å². The quantitative estimate of drug-likeness (QED) is 0.214. The van der Waals surface area contributed by atoms with Crippen molar-refractivity contribution in [1.82, 2.24) is 9.97 Å². The highest BCUT2D eigenvalue weighted by Gasteiger charge is 2.32. The van der Waals surface area contributed by atoms with E-state index in [0.29, 0.717) is 22.6 Å². The van der Waals surface area contributed by atoms with Crippen molar-refractivity contribution in [3.63, 3.8) is 0 Å². The Hall–Kier alpha value is -3.63. The summed E-state index contributed by atoms with van der Waals surface area (Å²) in [7, 11) is 1.43. The highest BCUT2D eigenvalue weighted by molar-refractivity contribution is 7.14. The molecule has 2 heterocycles. The van der Waals surface area contributed by atoms with Gasteiger partial charge in [-0.15, -0.1) is 11.3 Å². The fourth-order valence-electron chi connectivity index (χ4n) is 2.88. The summed E-state index contributed by atoms with van der Waals surface area (Å²) in [6, 6.07) is 15.5. The Bertz CT molecular complexity index is 1310. The van der Waals surface area contributed by atoms with Crippen LogP contribution in [0.25, 0.3) is 11.3 Å². The molecular weight excluding hydrogens is 489 g/mol. The van der Waals surface area contributed by atoms with Gasteiger partial charge in [0.25, 0.3) is 0 Å². The molecule has 0 aliphatic heterocycles. The maximum atomic E-state index is 12.9. The molecule has 2 aromatic heterocycles. The third-order valence-electron chi connectivity index (χ3n) is 4.50. The van der Waals surface area contributed by atoms with Crippen molar-refractivity contribution in [3.05, 3.63) is 82.3 Å². The first-order valence-corrected chi connectivity index (χ1v) is 11.0. The molecule has 0 aliphatic rings. The molecule has 6 nitrogen and oxygen atoms in total. The van der Waals surface area contributed by atoms with Crippen LogP contribution in [0.4, 0.5) is 18.3 Å². The van der Waals surface area contributed by atoms with E-state index in [-0.39, 0.29) is 16.7 Å². The number of hydrogen-bond acceptors (Lipinski definition) is 7. The number of hydrogen-bond donors (Lipinski definition) is 1. The van der Waals surface area contributed by atoms with E-state index in [2.05, 4.69) is 20.5 Å². The fourth-order valence-corrected chi connectivity index (χ4v) is 3.75. The van der Waals surface area contributed by atoms with Gasteiger partial charge in [-0.2, -0.15) is 18.3 Å². The zero-order valence-corrected chi connectivity index (χ0v) is 19.1. The second kappa shape index (κ2) is 10.1. The fraction of sp³-hybridized carbons (Fsp3) is 0.0870. The number of nitrogens with one attached hydrogen (secondary N) is 1. The van der Waals surface area contributed by atoms with Gasteiger partial charge < -0.3 is 9.47 Å². The monoisotopic (exact) mass is 504 g/mol. The number of methoxy groups -OCH3 is 1. The van der Waals surface area contributed by atoms with Crippen LogP contribution >= 0.6 is 22.9 Å². The van der Waals surface area contributed by atoms with Gasteiger partial charge in [-0.05, 0) is 18.2 Å². The second-order valence-corrected chi connectivity index (χ2v) is 8.03. The number of para-hydroxylation sites is 1. The number of alkyl halides is 3. The molecule has 4 rings (SSSR count). The van der Waals surface area contributed by atoms with Gasteiger partial charge in [0.05, 0.1) is 24.6 Å². The van der Waals surface area contributed by atoms with E-state index in [4.69, 9.17) is 21.1 Å². The first kappa shape index (κ1) is 23.5. The number of pyridine rings is 1. The highest BCUT2D eigenvalue weighted by atomic mass is 35.5. The molecule has 34 heavy (non-hydrogen) atoms. The molecular formula is C23H16ClF3N4O2S. The van der Waals surface area contributed by atoms with Crippen molar-refractivity contribution in [2.24, 2.45) is 5.10 Å². The summed E-state index contributed by atoms with van der Waals surface area (Å²) < 4.78 is 49.7. The summed E-state index contributed by atoms with van der Waals surface area (Å²) in [6.45, 7) is 0. The van der Waals surface area contributed by atoms with Crippen molar-refractivity contribution in [1.29, 1.82) is 0 Å². The lowest BCUT2D eigenvalue weighted by Gasteiger charge is -2.14. The average Bonchev–Trinajstić information content (AvgIpc) is 3.30. The van der Waals surface area contributed by atoms with Gasteiger partial charge in [-0.1, -0.05) is 48.0 Å². The van der Waals surface area contributed by atoms with Crippen LogP contribution in [0.15, 0.2) is 71.3 Å². The Balaban J connectivity index is 1.55. The molecule has 0 saturated heterocycles. The number of anilines is 1. The predicted molar refractivity (Wildman–Crippen MR) is 126 cm³/mol. The number of nitrogens with zero attached hydrogens (tertiary/aromatic N) is 3. The third-order valence-corrected chi connectivity index (χ3v) is 5.52. The van der Waals surface area contributed by atoms with Crippen LogP contribution in [0.2, 0.25) is 5.02 Å². The van der Waals surface area contributed by atoms with Crippen molar-refractivity contribution in [3.8, 4) is 28.6 Å². The highest BCUT2D eigenvalue weighted by Crippen LogP contribution is 2.38. The van der Waals surface area contributed by atoms with E-state index < -0.39 is 11.7 Å². The standard InChI is InChI=1S/C23H16ClF3N4O2S/c1-32-19-9-5-8-15(20(19)33-21-17(24)10-16(12-28-21)23(25,26)27)11-29-31-22-30-18(13-34-22)14-6-3-2-4-7-14/h2-13H,1H3,(H,30,31). The maximum Gasteiger partial charge on any atom is 0.417 e. The van der Waals surface area contributed by atoms with Crippen LogP contribution in [-0.2, 0) is 6.18 Å². The van der Waals surface area contributed by atoms with Crippen LogP contribution in [0, 0.1) is 0 Å². The van der Waals surface area contributed by atoms with Crippen molar-refractivity contribution >= 4 is 34.3 Å². The van der Waals surface area contributed by atoms with Crippen LogP contribution in [0.3, 0.4) is 0 Å². The summed E-state index contributed by atoms with van der Waals surface area (Å²) >= 11 is 7.38. The Morgan fingerprint density at radius 3 is 2.62 bits per heavy atom. The summed E-state index contributed by atoms with van der Waals surface area (Å²) in [5.74, 6) is 0.311. The molecule has 0 fully saturated rings. The molecule has 0 aliphatic carbocycles. The van der Waals surface area contributed by atoms with Crippen molar-refractivity contribution in [2.45, 2.75) is 6.18 Å². The van der Waals surface area contributed by atoms with Crippen molar-refractivity contribution in [2.75, 3.05) is 12.5 Å². The molecule has 11 heteroatoms. The molecule has 4 aromatic rings. The Morgan fingerprint density at radius 2 is 1.91 bits per heavy atom. The molecule has 0 atom stereocenters. The largest absolute Gasteiger partial charge is 0.493 e. The molecule has 0 spiro atoms. The van der Waals surface area contributed by atoms with Gasteiger partial charge >= 0.3 is 6.18 Å². The molecule has 0 radical (unpaired) electrons. The molecule has 0 amide bonds. The number of halogens is 4. The minimum atomic E-state index is -4.57. The van der Waals surface area contributed by atoms with Crippen LogP contribution < -0.4 is 14.9 Å². The zero-order valence-electron chi connectivity index (χ0n) is 17.5. The van der Waals surface area contributed by atoms with Gasteiger partial charge in [0.2, 0.25) is 11.0 Å². The number of thiazole rings is 1. The molecule has 2 aromatic carbocycles. The van der Waals surface area contributed by atoms with Gasteiger partial charge in [-0.25, -0.2) is 9.97 Å². The molecule has 0 unspecified atom stereocenters. The van der Waals surface area contributed by atoms with Crippen LogP contribution in [0.5, 0.6) is 17.4 Å². The van der Waals surface area contributed by atoms with Gasteiger partial charge in [0.15, 0.2) is 11.5 Å². The Kier molecular flexibility index (Phi) is 6.99. The smallest absolute Gasteiger partial charge is 0.417 e. The average molecular weight is 505 g/mol. The van der Waals surface area contributed by atoms with E-state index in [1.54, 1.807) is 18.2 Å². The molecule has 0 bridgehead atoms. The number of ether oxygens (including phenoxy) is 2. The van der Waals surface area contributed by atoms with Crippen LogP contribution in [0.1, 0.15) is 11.1 Å². The number of benzene rings is 2. The van der Waals surface area contributed by atoms with E-state index in [0.717, 1.165) is 17.3 Å². The number of rotatable bonds is 7. The predicted octanol–water partition coefficient (Wildman–Crippen LogP) is 7.12. The Morgan fingerprint density at radius 1 is 1.12 bits per heavy atom. The van der Waals surface area contributed by atoms with E-state index in [1.165, 1.54) is 24.7 Å². The van der Waals surface area contributed by atoms with E-state index in [1.807, 2.05) is 35.7 Å². The Labute approximate surface area is 201 Å². The maximum absolute atomic E-state index is 12.9. The summed E-state index contributed by atoms with van der Waals surface area (Å²) in [6.07, 6.45) is -2.45. The lowest BCUT2D eigenvalue weighted by molar-refractivity contribution is -0.137. The second-order valence-electron chi connectivity index (χ2n) is 6.76. The number of aromatic nitrogens is 2. The summed E-state index contributed by atoms with van der Waals surface area (Å²) in [5, 5.41) is 6.39. The van der Waals surface area contributed by atoms with E-state index >= 15 is 0 Å². The molecule has 0 saturated carbocycles. The minimum Gasteiger partial charge on any atom is -0.493 e. The lowest BCUT2D eigenvalue weighted by atomic mass is 10.2. The zero-order chi connectivity index (χ0) is 24.1. The summed E-state index contributed by atoms with van der Waals surface area (Å²) in [5.41, 5.74) is 4.16. The SMILES string of the molecule is COc1cccc(C=NNc2nc(-c3ccccc3)cs2)c1Oc1ncc(C(F)(F)F)cc1Cl. The molecule has 174 valence electrons. The van der Waals surface area contributed by atoms with Gasteiger partial charge in [0.1, 0.15) is 5.02 Å². The topological polar surface area (TPSA) is 68.6 Å².